The molecule has 1 aliphatic carbocycles. The number of rotatable bonds is 4. The molecule has 0 radical (unpaired) electrons. The van der Waals surface area contributed by atoms with Crippen LogP contribution in [0.2, 0.25) is 0 Å². The van der Waals surface area contributed by atoms with Gasteiger partial charge >= 0.3 is 0 Å². The van der Waals surface area contributed by atoms with E-state index < -0.39 is 0 Å². The van der Waals surface area contributed by atoms with E-state index in [2.05, 4.69) is 49.1 Å². The van der Waals surface area contributed by atoms with Crippen LogP contribution in [0.1, 0.15) is 19.8 Å². The van der Waals surface area contributed by atoms with Crippen LogP contribution < -0.4 is 5.32 Å². The summed E-state index contributed by atoms with van der Waals surface area (Å²) >= 11 is 6.88. The minimum atomic E-state index is 0.854. The monoisotopic (exact) mass is 332 g/mol. The third kappa shape index (κ3) is 2.94. The van der Waals surface area contributed by atoms with Gasteiger partial charge in [-0.2, -0.15) is 0 Å². The average Bonchev–Trinajstić information content (AvgIpc) is 2.95. The molecule has 4 heteroatoms. The van der Waals surface area contributed by atoms with Gasteiger partial charge in [-0.15, -0.1) is 0 Å². The Hall–Kier alpha value is -0.0900. The zero-order valence-electron chi connectivity index (χ0n) is 8.63. The van der Waals surface area contributed by atoms with Gasteiger partial charge in [0.15, 0.2) is 0 Å². The number of hydrogen-bond acceptors (Lipinski definition) is 2. The molecule has 1 aromatic heterocycles. The van der Waals surface area contributed by atoms with Gasteiger partial charge in [0, 0.05) is 17.2 Å². The lowest BCUT2D eigenvalue weighted by molar-refractivity contribution is 0.700. The fourth-order valence-corrected chi connectivity index (χ4v) is 2.96. The van der Waals surface area contributed by atoms with Crippen molar-refractivity contribution in [2.45, 2.75) is 19.8 Å². The topological polar surface area (TPSA) is 24.9 Å². The molecule has 1 aliphatic rings. The van der Waals surface area contributed by atoms with Crippen molar-refractivity contribution < 1.29 is 0 Å². The molecule has 1 saturated carbocycles. The van der Waals surface area contributed by atoms with Crippen molar-refractivity contribution in [1.82, 2.24) is 4.98 Å². The minimum Gasteiger partial charge on any atom is -0.369 e. The van der Waals surface area contributed by atoms with E-state index in [1.165, 1.54) is 12.8 Å². The second-order valence-corrected chi connectivity index (χ2v) is 5.80. The van der Waals surface area contributed by atoms with Crippen LogP contribution in [0.5, 0.6) is 0 Å². The van der Waals surface area contributed by atoms with E-state index in [0.29, 0.717) is 0 Å². The summed E-state index contributed by atoms with van der Waals surface area (Å²) in [7, 11) is 0. The van der Waals surface area contributed by atoms with Crippen molar-refractivity contribution in [3.8, 4) is 0 Å². The first kappa shape index (κ1) is 11.4. The van der Waals surface area contributed by atoms with E-state index in [1.807, 2.05) is 12.3 Å². The molecule has 1 N–H and O–H groups in total. The van der Waals surface area contributed by atoms with Gasteiger partial charge in [-0.25, -0.2) is 4.98 Å². The van der Waals surface area contributed by atoms with Gasteiger partial charge in [0.25, 0.3) is 0 Å². The second kappa shape index (κ2) is 4.83. The molecule has 2 unspecified atom stereocenters. The largest absolute Gasteiger partial charge is 0.369 e. The SMILES string of the molecule is CCC1CC1CNc1ncc(Br)cc1Br. The third-order valence-electron chi connectivity index (χ3n) is 2.93. The van der Waals surface area contributed by atoms with E-state index in [9.17, 15) is 0 Å². The van der Waals surface area contributed by atoms with Crippen LogP contribution in [-0.2, 0) is 0 Å². The number of anilines is 1. The summed E-state index contributed by atoms with van der Waals surface area (Å²) in [4.78, 5) is 4.32. The Morgan fingerprint density at radius 2 is 2.27 bits per heavy atom. The molecule has 1 aromatic rings. The number of pyridine rings is 1. The molecular weight excluding hydrogens is 320 g/mol. The highest BCUT2D eigenvalue weighted by Gasteiger charge is 2.34. The van der Waals surface area contributed by atoms with Gasteiger partial charge in [-0.1, -0.05) is 13.3 Å². The molecule has 0 saturated heterocycles. The fraction of sp³-hybridized carbons (Fsp3) is 0.545. The summed E-state index contributed by atoms with van der Waals surface area (Å²) in [6.07, 6.45) is 4.50. The molecule has 1 fully saturated rings. The van der Waals surface area contributed by atoms with Crippen LogP contribution in [0.15, 0.2) is 21.2 Å². The van der Waals surface area contributed by atoms with Gasteiger partial charge in [0.2, 0.25) is 0 Å². The lowest BCUT2D eigenvalue weighted by atomic mass is 10.2. The summed E-state index contributed by atoms with van der Waals surface area (Å²) < 4.78 is 2.02. The van der Waals surface area contributed by atoms with Crippen LogP contribution >= 0.6 is 31.9 Å². The summed E-state index contributed by atoms with van der Waals surface area (Å²) in [5, 5.41) is 3.39. The van der Waals surface area contributed by atoms with Crippen molar-refractivity contribution in [3.05, 3.63) is 21.2 Å². The molecule has 0 spiro atoms. The predicted molar refractivity (Wildman–Crippen MR) is 70.0 cm³/mol. The van der Waals surface area contributed by atoms with Gasteiger partial charge in [-0.05, 0) is 56.2 Å². The van der Waals surface area contributed by atoms with Crippen LogP contribution in [0, 0.1) is 11.8 Å². The zero-order chi connectivity index (χ0) is 10.8. The summed E-state index contributed by atoms with van der Waals surface area (Å²) in [5.74, 6) is 2.74. The average molecular weight is 334 g/mol. The van der Waals surface area contributed by atoms with E-state index >= 15 is 0 Å². The maximum absolute atomic E-state index is 4.32. The lowest BCUT2D eigenvalue weighted by Crippen LogP contribution is -2.06. The molecule has 0 amide bonds. The lowest BCUT2D eigenvalue weighted by Gasteiger charge is -2.07. The Kier molecular flexibility index (Phi) is 3.67. The van der Waals surface area contributed by atoms with E-state index in [4.69, 9.17) is 0 Å². The molecule has 0 aliphatic heterocycles. The van der Waals surface area contributed by atoms with Crippen molar-refractivity contribution in [3.63, 3.8) is 0 Å². The fourth-order valence-electron chi connectivity index (χ4n) is 1.83. The molecule has 2 rings (SSSR count). The number of hydrogen-bond donors (Lipinski definition) is 1. The summed E-state index contributed by atoms with van der Waals surface area (Å²) in [6, 6.07) is 2.01. The number of nitrogens with zero attached hydrogens (tertiary/aromatic N) is 1. The zero-order valence-corrected chi connectivity index (χ0v) is 11.8. The van der Waals surface area contributed by atoms with Gasteiger partial charge in [0.05, 0.1) is 4.47 Å². The minimum absolute atomic E-state index is 0.854. The Bertz CT molecular complexity index is 354. The highest BCUT2D eigenvalue weighted by Crippen LogP contribution is 2.41. The van der Waals surface area contributed by atoms with E-state index in [1.54, 1.807) is 0 Å². The molecule has 2 atom stereocenters. The third-order valence-corrected chi connectivity index (χ3v) is 3.97. The van der Waals surface area contributed by atoms with Gasteiger partial charge < -0.3 is 5.32 Å². The van der Waals surface area contributed by atoms with E-state index in [0.717, 1.165) is 33.1 Å². The molecular formula is C11H14Br2N2. The molecule has 0 bridgehead atoms. The second-order valence-electron chi connectivity index (χ2n) is 4.03. The maximum atomic E-state index is 4.32. The van der Waals surface area contributed by atoms with Crippen LogP contribution in [0.3, 0.4) is 0 Å². The normalized spacial score (nSPS) is 23.9. The van der Waals surface area contributed by atoms with Crippen molar-refractivity contribution in [2.24, 2.45) is 11.8 Å². The molecule has 15 heavy (non-hydrogen) atoms. The molecule has 2 nitrogen and oxygen atoms in total. The number of aromatic nitrogens is 1. The van der Waals surface area contributed by atoms with Crippen LogP contribution in [0.25, 0.3) is 0 Å². The molecule has 0 aromatic carbocycles. The van der Waals surface area contributed by atoms with Crippen LogP contribution in [-0.4, -0.2) is 11.5 Å². The van der Waals surface area contributed by atoms with Gasteiger partial charge in [-0.3, -0.25) is 0 Å². The summed E-state index contributed by atoms with van der Waals surface area (Å²) in [5.41, 5.74) is 0. The highest BCUT2D eigenvalue weighted by atomic mass is 79.9. The Morgan fingerprint density at radius 1 is 1.47 bits per heavy atom. The summed E-state index contributed by atoms with van der Waals surface area (Å²) in [6.45, 7) is 3.31. The van der Waals surface area contributed by atoms with Crippen molar-refractivity contribution in [2.75, 3.05) is 11.9 Å². The predicted octanol–water partition coefficient (Wildman–Crippen LogP) is 4.06. The smallest absolute Gasteiger partial charge is 0.140 e. The van der Waals surface area contributed by atoms with Crippen molar-refractivity contribution >= 4 is 37.7 Å². The Balaban J connectivity index is 1.88. The highest BCUT2D eigenvalue weighted by molar-refractivity contribution is 9.11. The molecule has 82 valence electrons. The standard InChI is InChI=1S/C11H14Br2N2/c1-2-7-3-8(7)5-14-11-10(13)4-9(12)6-15-11/h4,6-8H,2-3,5H2,1H3,(H,14,15). The quantitative estimate of drug-likeness (QED) is 0.898. The Morgan fingerprint density at radius 3 is 2.87 bits per heavy atom. The molecule has 1 heterocycles. The van der Waals surface area contributed by atoms with Gasteiger partial charge in [0.1, 0.15) is 5.82 Å². The first-order chi connectivity index (χ1) is 7.20. The van der Waals surface area contributed by atoms with E-state index in [-0.39, 0.29) is 0 Å². The maximum Gasteiger partial charge on any atom is 0.140 e. The number of nitrogens with one attached hydrogen (secondary N) is 1. The number of halogens is 2. The van der Waals surface area contributed by atoms with Crippen LogP contribution in [0.4, 0.5) is 5.82 Å². The Labute approximate surface area is 107 Å². The first-order valence-corrected chi connectivity index (χ1v) is 6.84. The first-order valence-electron chi connectivity index (χ1n) is 5.25. The van der Waals surface area contributed by atoms with Crippen molar-refractivity contribution in [1.29, 1.82) is 0 Å².